The molecule has 0 amide bonds. The molecular weight excluding hydrogens is 562 g/mol. The van der Waals surface area contributed by atoms with Gasteiger partial charge < -0.3 is 9.11 Å². The van der Waals surface area contributed by atoms with Crippen LogP contribution in [0, 0.1) is 52.3 Å². The molecule has 39 heavy (non-hydrogen) atoms. The monoisotopic (exact) mass is 608 g/mol. The summed E-state index contributed by atoms with van der Waals surface area (Å²) in [6, 6.07) is 0. The molecule has 4 aliphatic rings. The first-order chi connectivity index (χ1) is 17.0. The Morgan fingerprint density at radius 3 is 1.97 bits per heavy atom. The molecule has 0 aromatic rings. The molecule has 4 fully saturated rings. The van der Waals surface area contributed by atoms with Gasteiger partial charge in [0.05, 0.1) is 0 Å². The molecule has 4 aliphatic carbocycles. The van der Waals surface area contributed by atoms with E-state index in [1.54, 1.807) is 0 Å². The summed E-state index contributed by atoms with van der Waals surface area (Å²) in [6.07, 6.45) is 8.37. The summed E-state index contributed by atoms with van der Waals surface area (Å²) >= 11 is 0. The Balaban J connectivity index is 0.00000267. The molecule has 0 aromatic heterocycles. The van der Waals surface area contributed by atoms with Crippen LogP contribution in [0.25, 0.3) is 0 Å². The Labute approximate surface area is 281 Å². The van der Waals surface area contributed by atoms with Gasteiger partial charge in [0, 0.05) is 0 Å². The Morgan fingerprint density at radius 1 is 0.795 bits per heavy atom. The van der Waals surface area contributed by atoms with E-state index in [1.807, 2.05) is 0 Å². The molecule has 0 N–H and O–H groups in total. The van der Waals surface area contributed by atoms with Gasteiger partial charge in [0.2, 0.25) is 20.8 Å². The van der Waals surface area contributed by atoms with Crippen molar-refractivity contribution in [2.75, 3.05) is 0 Å². The quantitative estimate of drug-likeness (QED) is 0.193. The molecule has 0 bridgehead atoms. The SMILES string of the molecule is CC(C)CCC[C@@H](C)[C@H]1CC[C@H]2[C@@H]3CC[C@H]4C[C@H](OS(=O)(=O)[O-])[C@@H](OS(=O)(=O)[O-])C[C@]4(C)[C@H]3CC[C@]12C.[Na+].[Na+]. The van der Waals surface area contributed by atoms with Crippen LogP contribution in [-0.2, 0) is 29.2 Å². The van der Waals surface area contributed by atoms with Crippen molar-refractivity contribution in [2.24, 2.45) is 52.3 Å². The van der Waals surface area contributed by atoms with E-state index in [4.69, 9.17) is 8.37 Å². The van der Waals surface area contributed by atoms with E-state index in [0.29, 0.717) is 29.1 Å². The van der Waals surface area contributed by atoms with Crippen molar-refractivity contribution in [3.8, 4) is 0 Å². The second kappa shape index (κ2) is 13.8. The maximum absolute atomic E-state index is 11.5. The first-order valence-corrected chi connectivity index (χ1v) is 17.0. The van der Waals surface area contributed by atoms with Crippen molar-refractivity contribution in [2.45, 2.75) is 117 Å². The second-order valence-corrected chi connectivity index (χ2v) is 15.7. The number of hydrogen-bond acceptors (Lipinski definition) is 8. The van der Waals surface area contributed by atoms with Crippen LogP contribution in [0.3, 0.4) is 0 Å². The van der Waals surface area contributed by atoms with Crippen molar-refractivity contribution < 1.29 is 93.4 Å². The van der Waals surface area contributed by atoms with Crippen LogP contribution >= 0.6 is 0 Å². The third-order valence-corrected chi connectivity index (χ3v) is 12.3. The largest absolute Gasteiger partial charge is 1.00 e. The third-order valence-electron chi connectivity index (χ3n) is 11.3. The van der Waals surface area contributed by atoms with Gasteiger partial charge in [0.1, 0.15) is 12.2 Å². The zero-order chi connectivity index (χ0) is 27.4. The van der Waals surface area contributed by atoms with E-state index >= 15 is 0 Å². The zero-order valence-corrected chi connectivity index (χ0v) is 30.7. The minimum Gasteiger partial charge on any atom is -0.726 e. The first-order valence-electron chi connectivity index (χ1n) is 14.3. The number of rotatable bonds is 9. The van der Waals surface area contributed by atoms with Crippen molar-refractivity contribution in [1.29, 1.82) is 0 Å². The predicted octanol–water partition coefficient (Wildman–Crippen LogP) is -0.584. The fourth-order valence-corrected chi connectivity index (χ4v) is 10.8. The number of hydrogen-bond donors (Lipinski definition) is 0. The van der Waals surface area contributed by atoms with Crippen LogP contribution in [0.2, 0.25) is 0 Å². The van der Waals surface area contributed by atoms with E-state index in [1.165, 1.54) is 32.1 Å². The summed E-state index contributed by atoms with van der Waals surface area (Å²) < 4.78 is 78.1. The molecule has 12 heteroatoms. The fourth-order valence-electron chi connectivity index (χ4n) is 9.76. The zero-order valence-electron chi connectivity index (χ0n) is 25.1. The molecule has 4 saturated carbocycles. The van der Waals surface area contributed by atoms with Gasteiger partial charge in [-0.15, -0.1) is 0 Å². The average Bonchev–Trinajstić information content (AvgIpc) is 3.09. The Morgan fingerprint density at radius 2 is 1.38 bits per heavy atom. The molecule has 4 rings (SSSR count). The first kappa shape index (κ1) is 36.9. The standard InChI is InChI=1S/C27H48O8S2.2Na/c1-17(2)7-6-8-18(3)21-11-12-22-20-10-9-19-15-24(34-36(28,29)30)25(35-37(31,32)33)16-27(19,5)23(20)13-14-26(21,22)4;;/h17-25H,6-16H2,1-5H3,(H,28,29,30)(H,31,32,33);;/q;2*+1/p-2/t18-,19+,20+,21-,22+,23+,24+,25+,26-,27+;;/m1../s1. The van der Waals surface area contributed by atoms with Crippen molar-refractivity contribution in [3.05, 3.63) is 0 Å². The van der Waals surface area contributed by atoms with Crippen LogP contribution in [0.5, 0.6) is 0 Å². The van der Waals surface area contributed by atoms with E-state index in [-0.39, 0.29) is 83.3 Å². The Hall–Kier alpha value is 1.74. The Kier molecular flexibility index (Phi) is 13.1. The molecule has 0 aliphatic heterocycles. The molecule has 0 aromatic carbocycles. The minimum atomic E-state index is -5.09. The van der Waals surface area contributed by atoms with Gasteiger partial charge >= 0.3 is 59.1 Å². The van der Waals surface area contributed by atoms with E-state index in [9.17, 15) is 25.9 Å². The smallest absolute Gasteiger partial charge is 0.726 e. The van der Waals surface area contributed by atoms with Gasteiger partial charge in [-0.05, 0) is 104 Å². The molecule has 216 valence electrons. The minimum absolute atomic E-state index is 0. The number of fused-ring (bicyclic) bond motifs is 5. The summed E-state index contributed by atoms with van der Waals surface area (Å²) in [5.74, 6) is 3.77. The van der Waals surface area contributed by atoms with Gasteiger partial charge in [-0.1, -0.05) is 53.9 Å². The normalized spacial score (nSPS) is 41.0. The van der Waals surface area contributed by atoms with Gasteiger partial charge in [0.15, 0.2) is 0 Å². The van der Waals surface area contributed by atoms with Crippen molar-refractivity contribution in [3.63, 3.8) is 0 Å². The summed E-state index contributed by atoms with van der Waals surface area (Å²) in [5.41, 5.74) is 0.0138. The summed E-state index contributed by atoms with van der Waals surface area (Å²) in [6.45, 7) is 11.7. The third kappa shape index (κ3) is 8.27. The summed E-state index contributed by atoms with van der Waals surface area (Å²) in [4.78, 5) is 0. The summed E-state index contributed by atoms with van der Waals surface area (Å²) in [5, 5.41) is 0. The van der Waals surface area contributed by atoms with E-state index in [2.05, 4.69) is 34.6 Å². The topological polar surface area (TPSA) is 133 Å². The Bertz CT molecular complexity index is 1040. The molecule has 0 unspecified atom stereocenters. The molecule has 0 heterocycles. The van der Waals surface area contributed by atoms with Gasteiger partial charge in [-0.2, -0.15) is 0 Å². The van der Waals surface area contributed by atoms with Crippen LogP contribution in [0.1, 0.15) is 105 Å². The van der Waals surface area contributed by atoms with Crippen LogP contribution < -0.4 is 59.1 Å². The van der Waals surface area contributed by atoms with Gasteiger partial charge in [0.25, 0.3) is 0 Å². The van der Waals surface area contributed by atoms with Crippen molar-refractivity contribution in [1.82, 2.24) is 0 Å². The van der Waals surface area contributed by atoms with Crippen LogP contribution in [0.15, 0.2) is 0 Å². The molecule has 8 nitrogen and oxygen atoms in total. The van der Waals surface area contributed by atoms with Crippen molar-refractivity contribution >= 4 is 20.8 Å². The molecule has 0 spiro atoms. The molecule has 10 atom stereocenters. The fraction of sp³-hybridized carbons (Fsp3) is 1.00. The molecular formula is C27H46Na2O8S2. The second-order valence-electron chi connectivity index (χ2n) is 13.7. The molecule has 0 saturated heterocycles. The van der Waals surface area contributed by atoms with Gasteiger partial charge in [-0.25, -0.2) is 16.8 Å². The molecule has 0 radical (unpaired) electrons. The maximum Gasteiger partial charge on any atom is 1.00 e. The maximum atomic E-state index is 11.5. The van der Waals surface area contributed by atoms with E-state index < -0.39 is 33.0 Å². The van der Waals surface area contributed by atoms with Gasteiger partial charge in [-0.3, -0.25) is 8.37 Å². The van der Waals surface area contributed by atoms with Crippen LogP contribution in [-0.4, -0.2) is 38.1 Å². The van der Waals surface area contributed by atoms with E-state index in [0.717, 1.165) is 37.5 Å². The predicted molar refractivity (Wildman–Crippen MR) is 138 cm³/mol. The average molecular weight is 609 g/mol. The van der Waals surface area contributed by atoms with Crippen LogP contribution in [0.4, 0.5) is 0 Å². The summed E-state index contributed by atoms with van der Waals surface area (Å²) in [7, 11) is -10.2.